The summed E-state index contributed by atoms with van der Waals surface area (Å²) in [6.45, 7) is 5.08. The third-order valence-corrected chi connectivity index (χ3v) is 7.54. The van der Waals surface area contributed by atoms with E-state index in [4.69, 9.17) is 4.74 Å². The molecule has 5 heterocycles. The number of anilines is 1. The van der Waals surface area contributed by atoms with Gasteiger partial charge >= 0.3 is 23.0 Å². The number of ether oxygens (including phenoxy) is 1. The Bertz CT molecular complexity index is 1790. The number of pyridine rings is 3. The standard InChI is InChI=1S/C18H20FN3O4.C12H8N2.ClH.Fe/c1-10-9-26-17-14-11(16(23)12(18(24)25)8-22(10)14)7-13(19)15(17)21-5-3-20(2)4-6-21;1-3-9-5-6-10-4-2-8-14-12(10)11(9)13-7-1;;/h7-8,10H,3-6,9H2,1-2H3,(H,24,25);1-8H;1H;/q;;;+3/p-1. The average molecular weight is 633 g/mol. The molecule has 0 spiro atoms. The summed E-state index contributed by atoms with van der Waals surface area (Å²) in [5.74, 6) is -1.54. The van der Waals surface area contributed by atoms with Gasteiger partial charge in [0.25, 0.3) is 0 Å². The van der Waals surface area contributed by atoms with E-state index in [9.17, 15) is 19.1 Å². The molecule has 1 unspecified atom stereocenters. The zero-order valence-corrected chi connectivity index (χ0v) is 24.8. The second-order valence-electron chi connectivity index (χ2n) is 10.2. The Kier molecular flexibility index (Phi) is 9.37. The van der Waals surface area contributed by atoms with E-state index in [-0.39, 0.29) is 53.1 Å². The quantitative estimate of drug-likeness (QED) is 0.230. The molecule has 5 aromatic rings. The van der Waals surface area contributed by atoms with E-state index in [2.05, 4.69) is 39.1 Å². The van der Waals surface area contributed by atoms with Crippen LogP contribution in [0.25, 0.3) is 32.7 Å². The first-order valence-electron chi connectivity index (χ1n) is 13.1. The summed E-state index contributed by atoms with van der Waals surface area (Å²) in [6, 6.07) is 13.1. The van der Waals surface area contributed by atoms with Gasteiger partial charge < -0.3 is 36.6 Å². The fourth-order valence-corrected chi connectivity index (χ4v) is 5.37. The van der Waals surface area contributed by atoms with Crippen LogP contribution in [0.2, 0.25) is 0 Å². The number of nitrogens with zero attached hydrogens (tertiary/aromatic N) is 5. The van der Waals surface area contributed by atoms with Crippen LogP contribution in [0.1, 0.15) is 23.3 Å². The molecule has 1 saturated heterocycles. The second-order valence-corrected chi connectivity index (χ2v) is 10.2. The van der Waals surface area contributed by atoms with Gasteiger partial charge in [0.15, 0.2) is 11.6 Å². The minimum absolute atomic E-state index is 0. The number of aromatic carboxylic acids is 1. The van der Waals surface area contributed by atoms with E-state index in [0.29, 0.717) is 30.0 Å². The van der Waals surface area contributed by atoms with Gasteiger partial charge in [-0.05, 0) is 32.2 Å². The summed E-state index contributed by atoms with van der Waals surface area (Å²) in [6.07, 6.45) is 4.95. The van der Waals surface area contributed by atoms with E-state index >= 15 is 0 Å². The number of hydrogen-bond donors (Lipinski definition) is 1. The topological polar surface area (TPSA) is 101 Å². The van der Waals surface area contributed by atoms with Gasteiger partial charge in [0.2, 0.25) is 5.43 Å². The zero-order chi connectivity index (χ0) is 28.0. The first kappa shape index (κ1) is 31.2. The van der Waals surface area contributed by atoms with Crippen molar-refractivity contribution in [2.24, 2.45) is 0 Å². The SMILES string of the molecule is CC1COc2c(N3CCN(C)CC3)c(F)cc3c(=O)c(C(=O)O)cn1c23.[Cl-].[Fe+3].c1cnc2c(c1)ccc1cccnc12. The third-order valence-electron chi connectivity index (χ3n) is 7.54. The first-order chi connectivity index (χ1) is 19.3. The fraction of sp³-hybridized carbons (Fsp3) is 0.267. The molecule has 217 valence electrons. The van der Waals surface area contributed by atoms with Crippen LogP contribution < -0.4 is 27.5 Å². The summed E-state index contributed by atoms with van der Waals surface area (Å²) in [5, 5.41) is 11.6. The minimum Gasteiger partial charge on any atom is -1.00 e. The molecule has 2 aliphatic heterocycles. The Morgan fingerprint density at radius 1 is 1.02 bits per heavy atom. The van der Waals surface area contributed by atoms with E-state index in [1.165, 1.54) is 6.20 Å². The summed E-state index contributed by atoms with van der Waals surface area (Å²) in [5.41, 5.74) is 1.73. The largest absolute Gasteiger partial charge is 3.00 e. The molecule has 2 aromatic carbocycles. The number of rotatable bonds is 2. The summed E-state index contributed by atoms with van der Waals surface area (Å²) in [7, 11) is 2.02. The van der Waals surface area contributed by atoms with Crippen LogP contribution in [0, 0.1) is 5.82 Å². The van der Waals surface area contributed by atoms with Gasteiger partial charge in [-0.2, -0.15) is 0 Å². The van der Waals surface area contributed by atoms with Crippen molar-refractivity contribution in [3.05, 3.63) is 82.7 Å². The van der Waals surface area contributed by atoms with E-state index < -0.39 is 17.2 Å². The van der Waals surface area contributed by atoms with Crippen LogP contribution in [-0.4, -0.2) is 70.3 Å². The first-order valence-corrected chi connectivity index (χ1v) is 13.1. The zero-order valence-electron chi connectivity index (χ0n) is 22.9. The van der Waals surface area contributed by atoms with Crippen LogP contribution in [0.3, 0.4) is 0 Å². The van der Waals surface area contributed by atoms with Crippen molar-refractivity contribution < 1.29 is 48.5 Å². The van der Waals surface area contributed by atoms with Crippen molar-refractivity contribution in [1.82, 2.24) is 19.4 Å². The smallest absolute Gasteiger partial charge is 1.00 e. The van der Waals surface area contributed by atoms with Gasteiger partial charge in [-0.3, -0.25) is 14.8 Å². The monoisotopic (exact) mass is 632 g/mol. The Labute approximate surface area is 257 Å². The number of aromatic nitrogens is 3. The molecule has 9 nitrogen and oxygen atoms in total. The Balaban J connectivity index is 0.000000215. The molecule has 0 bridgehead atoms. The van der Waals surface area contributed by atoms with E-state index in [1.54, 1.807) is 17.0 Å². The molecule has 1 N–H and O–H groups in total. The average Bonchev–Trinajstić information content (AvgIpc) is 2.96. The van der Waals surface area contributed by atoms with Gasteiger partial charge in [-0.25, -0.2) is 9.18 Å². The molecule has 1 atom stereocenters. The maximum Gasteiger partial charge on any atom is 3.00 e. The molecule has 1 fully saturated rings. The van der Waals surface area contributed by atoms with Crippen LogP contribution in [0.5, 0.6) is 5.75 Å². The number of benzene rings is 2. The molecule has 42 heavy (non-hydrogen) atoms. The van der Waals surface area contributed by atoms with Crippen LogP contribution >= 0.6 is 0 Å². The number of carboxylic acids is 1. The molecule has 3 aromatic heterocycles. The molecule has 12 heteroatoms. The molecule has 0 saturated carbocycles. The maximum absolute atomic E-state index is 15.0. The maximum atomic E-state index is 15.0. The molecule has 1 radical (unpaired) electrons. The molecule has 0 amide bonds. The van der Waals surface area contributed by atoms with Gasteiger partial charge in [0.05, 0.1) is 28.0 Å². The normalized spacial score (nSPS) is 16.2. The van der Waals surface area contributed by atoms with Crippen molar-refractivity contribution in [3.63, 3.8) is 0 Å². The summed E-state index contributed by atoms with van der Waals surface area (Å²) >= 11 is 0. The molecule has 0 aliphatic carbocycles. The van der Waals surface area contributed by atoms with Crippen LogP contribution in [-0.2, 0) is 17.1 Å². The molecular formula is C30H28ClFFeN5O4+2. The fourth-order valence-electron chi connectivity index (χ4n) is 5.37. The van der Waals surface area contributed by atoms with Crippen molar-refractivity contribution in [2.45, 2.75) is 13.0 Å². The van der Waals surface area contributed by atoms with E-state index in [1.807, 2.05) is 31.0 Å². The number of likely N-dealkylation sites (N-methyl/N-ethyl adjacent to an activating group) is 1. The van der Waals surface area contributed by atoms with E-state index in [0.717, 1.165) is 41.0 Å². The minimum atomic E-state index is -1.32. The van der Waals surface area contributed by atoms with Gasteiger partial charge in [0, 0.05) is 55.5 Å². The number of carbonyl (C=O) groups is 1. The molecule has 2 aliphatic rings. The molecule has 7 rings (SSSR count). The predicted octanol–water partition coefficient (Wildman–Crippen LogP) is 1.33. The van der Waals surface area contributed by atoms with Gasteiger partial charge in [-0.1, -0.05) is 24.3 Å². The number of halogens is 2. The van der Waals surface area contributed by atoms with Crippen LogP contribution in [0.15, 0.2) is 65.8 Å². The van der Waals surface area contributed by atoms with Gasteiger partial charge in [-0.15, -0.1) is 0 Å². The Morgan fingerprint density at radius 2 is 1.62 bits per heavy atom. The number of hydrogen-bond acceptors (Lipinski definition) is 7. The second kappa shape index (κ2) is 12.6. The Hall–Kier alpha value is -3.76. The van der Waals surface area contributed by atoms with Crippen LogP contribution in [0.4, 0.5) is 10.1 Å². The van der Waals surface area contributed by atoms with Crippen molar-refractivity contribution in [1.29, 1.82) is 0 Å². The summed E-state index contributed by atoms with van der Waals surface area (Å²) in [4.78, 5) is 36.8. The predicted molar refractivity (Wildman–Crippen MR) is 152 cm³/mol. The van der Waals surface area contributed by atoms with Gasteiger partial charge in [0.1, 0.15) is 17.9 Å². The summed E-state index contributed by atoms with van der Waals surface area (Å²) < 4.78 is 22.6. The van der Waals surface area contributed by atoms with Crippen molar-refractivity contribution >= 4 is 44.4 Å². The number of fused-ring (bicyclic) bond motifs is 3. The van der Waals surface area contributed by atoms with Crippen molar-refractivity contribution in [2.75, 3.05) is 44.7 Å². The number of carboxylic acid groups (broad SMARTS) is 1. The third kappa shape index (κ3) is 5.53. The number of piperazine rings is 1. The molecular weight excluding hydrogens is 605 g/mol. The Morgan fingerprint density at radius 3 is 2.19 bits per heavy atom. The van der Waals surface area contributed by atoms with Crippen molar-refractivity contribution in [3.8, 4) is 5.75 Å².